The van der Waals surface area contributed by atoms with E-state index in [1.165, 1.54) is 0 Å². The van der Waals surface area contributed by atoms with Crippen molar-refractivity contribution in [2.75, 3.05) is 25.2 Å². The number of nitrogens with one attached hydrogen (secondary N) is 1. The van der Waals surface area contributed by atoms with Crippen molar-refractivity contribution in [3.63, 3.8) is 0 Å². The van der Waals surface area contributed by atoms with E-state index in [1.54, 1.807) is 7.11 Å². The van der Waals surface area contributed by atoms with Crippen LogP contribution in [0.25, 0.3) is 0 Å². The van der Waals surface area contributed by atoms with Gasteiger partial charge in [-0.1, -0.05) is 0 Å². The summed E-state index contributed by atoms with van der Waals surface area (Å²) in [6.45, 7) is 6.10. The van der Waals surface area contributed by atoms with Crippen molar-refractivity contribution < 1.29 is 9.47 Å². The van der Waals surface area contributed by atoms with E-state index < -0.39 is 0 Å². The molecule has 17 heavy (non-hydrogen) atoms. The van der Waals surface area contributed by atoms with Gasteiger partial charge in [0.05, 0.1) is 24.5 Å². The predicted molar refractivity (Wildman–Crippen MR) is 66.8 cm³/mol. The van der Waals surface area contributed by atoms with E-state index in [2.05, 4.69) is 30.1 Å². The van der Waals surface area contributed by atoms with Crippen molar-refractivity contribution >= 4 is 5.69 Å². The molecule has 1 N–H and O–H groups in total. The highest BCUT2D eigenvalue weighted by atomic mass is 16.5. The zero-order chi connectivity index (χ0) is 12.0. The molecule has 2 aliphatic rings. The van der Waals surface area contributed by atoms with Crippen LogP contribution in [0.5, 0.6) is 11.5 Å². The molecule has 3 rings (SSSR count). The van der Waals surface area contributed by atoms with Crippen LogP contribution in [0.15, 0.2) is 18.2 Å². The number of nitrogens with zero attached hydrogens (tertiary/aromatic N) is 1. The lowest BCUT2D eigenvalue weighted by Gasteiger charge is -2.41. The largest absolute Gasteiger partial charge is 0.497 e. The lowest BCUT2D eigenvalue weighted by molar-refractivity contribution is 0.267. The molecular formula is C13H18N2O2. The number of ether oxygens (including phenoxy) is 2. The van der Waals surface area contributed by atoms with Crippen LogP contribution >= 0.6 is 0 Å². The molecule has 4 nitrogen and oxygen atoms in total. The Balaban J connectivity index is 2.08. The van der Waals surface area contributed by atoms with Gasteiger partial charge in [-0.15, -0.1) is 0 Å². The van der Waals surface area contributed by atoms with Gasteiger partial charge in [0.2, 0.25) is 0 Å². The molecule has 0 amide bonds. The summed E-state index contributed by atoms with van der Waals surface area (Å²) < 4.78 is 11.1. The molecule has 0 aliphatic carbocycles. The SMILES string of the molecule is COc1ccc2c(c1)N1C(CNC1(C)C)CO2. The third-order valence-corrected chi connectivity index (χ3v) is 3.59. The molecule has 1 aromatic rings. The van der Waals surface area contributed by atoms with E-state index in [4.69, 9.17) is 9.47 Å². The summed E-state index contributed by atoms with van der Waals surface area (Å²) in [7, 11) is 1.69. The standard InChI is InChI=1S/C13H18N2O2/c1-13(2)14-7-9-8-17-12-5-4-10(16-3)6-11(12)15(9)13/h4-6,9,14H,7-8H2,1-3H3. The number of rotatable bonds is 1. The van der Waals surface area contributed by atoms with Gasteiger partial charge in [-0.3, -0.25) is 5.32 Å². The van der Waals surface area contributed by atoms with Crippen molar-refractivity contribution in [3.05, 3.63) is 18.2 Å². The molecular weight excluding hydrogens is 216 g/mol. The monoisotopic (exact) mass is 234 g/mol. The Morgan fingerprint density at radius 2 is 2.29 bits per heavy atom. The Kier molecular flexibility index (Phi) is 2.23. The third kappa shape index (κ3) is 1.55. The number of hydrogen-bond donors (Lipinski definition) is 1. The molecule has 0 saturated carbocycles. The summed E-state index contributed by atoms with van der Waals surface area (Å²) >= 11 is 0. The first kappa shape index (κ1) is 10.7. The van der Waals surface area contributed by atoms with Crippen LogP contribution in [0.4, 0.5) is 5.69 Å². The molecule has 2 aliphatic heterocycles. The van der Waals surface area contributed by atoms with Gasteiger partial charge in [0.25, 0.3) is 0 Å². The maximum absolute atomic E-state index is 5.79. The quantitative estimate of drug-likeness (QED) is 0.800. The summed E-state index contributed by atoms with van der Waals surface area (Å²) in [5, 5.41) is 3.52. The zero-order valence-electron chi connectivity index (χ0n) is 10.5. The molecule has 4 heteroatoms. The van der Waals surface area contributed by atoms with Crippen molar-refractivity contribution in [1.82, 2.24) is 5.32 Å². The van der Waals surface area contributed by atoms with E-state index >= 15 is 0 Å². The van der Waals surface area contributed by atoms with Gasteiger partial charge in [-0.25, -0.2) is 0 Å². The number of benzene rings is 1. The fourth-order valence-corrected chi connectivity index (χ4v) is 2.75. The lowest BCUT2D eigenvalue weighted by Crippen LogP contribution is -2.51. The van der Waals surface area contributed by atoms with E-state index in [9.17, 15) is 0 Å². The van der Waals surface area contributed by atoms with Gasteiger partial charge < -0.3 is 14.4 Å². The molecule has 1 unspecified atom stereocenters. The van der Waals surface area contributed by atoms with Crippen molar-refractivity contribution in [1.29, 1.82) is 0 Å². The van der Waals surface area contributed by atoms with Gasteiger partial charge in [-0.05, 0) is 26.0 Å². The van der Waals surface area contributed by atoms with E-state index in [0.717, 1.165) is 30.3 Å². The first-order valence-corrected chi connectivity index (χ1v) is 5.97. The third-order valence-electron chi connectivity index (χ3n) is 3.59. The fraction of sp³-hybridized carbons (Fsp3) is 0.538. The smallest absolute Gasteiger partial charge is 0.143 e. The Bertz CT molecular complexity index is 445. The molecule has 1 atom stereocenters. The number of methoxy groups -OCH3 is 1. The topological polar surface area (TPSA) is 33.7 Å². The second-order valence-corrected chi connectivity index (χ2v) is 5.11. The minimum absolute atomic E-state index is 0.0322. The summed E-state index contributed by atoms with van der Waals surface area (Å²) in [5.41, 5.74) is 1.09. The first-order valence-electron chi connectivity index (χ1n) is 5.97. The predicted octanol–water partition coefficient (Wildman–Crippen LogP) is 1.60. The van der Waals surface area contributed by atoms with Crippen LogP contribution in [0, 0.1) is 0 Å². The highest BCUT2D eigenvalue weighted by Gasteiger charge is 2.43. The van der Waals surface area contributed by atoms with Crippen LogP contribution < -0.4 is 19.7 Å². The highest BCUT2D eigenvalue weighted by molar-refractivity contribution is 5.65. The Labute approximate surface area is 102 Å². The average molecular weight is 234 g/mol. The molecule has 0 spiro atoms. The Morgan fingerprint density at radius 1 is 1.47 bits per heavy atom. The summed E-state index contributed by atoms with van der Waals surface area (Å²) in [4.78, 5) is 2.40. The summed E-state index contributed by atoms with van der Waals surface area (Å²) in [6.07, 6.45) is 0. The maximum Gasteiger partial charge on any atom is 0.143 e. The number of hydrogen-bond acceptors (Lipinski definition) is 4. The molecule has 0 aromatic heterocycles. The average Bonchev–Trinajstić information content (AvgIpc) is 2.65. The van der Waals surface area contributed by atoms with Crippen molar-refractivity contribution in [3.8, 4) is 11.5 Å². The van der Waals surface area contributed by atoms with Gasteiger partial charge in [0, 0.05) is 12.6 Å². The van der Waals surface area contributed by atoms with Crippen LogP contribution in [0.1, 0.15) is 13.8 Å². The van der Waals surface area contributed by atoms with Gasteiger partial charge in [0.15, 0.2) is 0 Å². The first-order chi connectivity index (χ1) is 8.12. The molecule has 0 radical (unpaired) electrons. The molecule has 2 heterocycles. The van der Waals surface area contributed by atoms with E-state index in [1.807, 2.05) is 12.1 Å². The molecule has 92 valence electrons. The Hall–Kier alpha value is -1.42. The zero-order valence-corrected chi connectivity index (χ0v) is 10.5. The second-order valence-electron chi connectivity index (χ2n) is 5.11. The van der Waals surface area contributed by atoms with Gasteiger partial charge in [0.1, 0.15) is 18.1 Å². The van der Waals surface area contributed by atoms with Crippen molar-refractivity contribution in [2.45, 2.75) is 25.6 Å². The second kappa shape index (κ2) is 3.53. The van der Waals surface area contributed by atoms with E-state index in [0.29, 0.717) is 6.04 Å². The molecule has 0 bridgehead atoms. The fourth-order valence-electron chi connectivity index (χ4n) is 2.75. The molecule has 1 aromatic carbocycles. The van der Waals surface area contributed by atoms with Gasteiger partial charge in [-0.2, -0.15) is 0 Å². The van der Waals surface area contributed by atoms with Crippen LogP contribution in [0.2, 0.25) is 0 Å². The molecule has 1 fully saturated rings. The van der Waals surface area contributed by atoms with Crippen molar-refractivity contribution in [2.24, 2.45) is 0 Å². The minimum Gasteiger partial charge on any atom is -0.497 e. The van der Waals surface area contributed by atoms with Crippen LogP contribution in [0.3, 0.4) is 0 Å². The Morgan fingerprint density at radius 3 is 3.06 bits per heavy atom. The summed E-state index contributed by atoms with van der Waals surface area (Å²) in [6, 6.07) is 6.38. The van der Waals surface area contributed by atoms with Crippen LogP contribution in [-0.2, 0) is 0 Å². The number of fused-ring (bicyclic) bond motifs is 3. The molecule has 1 saturated heterocycles. The maximum atomic E-state index is 5.79. The van der Waals surface area contributed by atoms with E-state index in [-0.39, 0.29) is 5.66 Å². The summed E-state index contributed by atoms with van der Waals surface area (Å²) in [5.74, 6) is 1.81. The number of anilines is 1. The van der Waals surface area contributed by atoms with Gasteiger partial charge >= 0.3 is 0 Å². The van der Waals surface area contributed by atoms with Crippen LogP contribution in [-0.4, -0.2) is 32.0 Å². The lowest BCUT2D eigenvalue weighted by atomic mass is 10.1. The minimum atomic E-state index is -0.0322. The highest BCUT2D eigenvalue weighted by Crippen LogP contribution is 2.41. The normalized spacial score (nSPS) is 24.9.